The van der Waals surface area contributed by atoms with Crippen molar-refractivity contribution < 1.29 is 9.59 Å². The lowest BCUT2D eigenvalue weighted by Gasteiger charge is -2.16. The summed E-state index contributed by atoms with van der Waals surface area (Å²) in [5.41, 5.74) is 2.23. The highest BCUT2D eigenvalue weighted by molar-refractivity contribution is 6.05. The van der Waals surface area contributed by atoms with E-state index in [1.807, 2.05) is 43.3 Å². The Morgan fingerprint density at radius 1 is 1.17 bits per heavy atom. The number of rotatable bonds is 2. The van der Waals surface area contributed by atoms with Crippen molar-refractivity contribution >= 4 is 23.6 Å². The van der Waals surface area contributed by atoms with Crippen LogP contribution in [0.15, 0.2) is 30.0 Å². The van der Waals surface area contributed by atoms with Gasteiger partial charge in [0.2, 0.25) is 5.91 Å². The van der Waals surface area contributed by atoms with E-state index < -0.39 is 0 Å². The van der Waals surface area contributed by atoms with E-state index in [1.54, 1.807) is 6.08 Å². The quantitative estimate of drug-likeness (QED) is 0.739. The van der Waals surface area contributed by atoms with Crippen molar-refractivity contribution in [3.63, 3.8) is 0 Å². The van der Waals surface area contributed by atoms with Gasteiger partial charge in [0.1, 0.15) is 5.70 Å². The zero-order chi connectivity index (χ0) is 13.1. The summed E-state index contributed by atoms with van der Waals surface area (Å²) in [5.74, 6) is -0.461. The van der Waals surface area contributed by atoms with Crippen molar-refractivity contribution in [1.29, 1.82) is 0 Å². The second kappa shape index (κ2) is 4.91. The summed E-state index contributed by atoms with van der Waals surface area (Å²) in [6, 6.07) is 7.71. The van der Waals surface area contributed by atoms with Gasteiger partial charge in [-0.25, -0.2) is 0 Å². The Kier molecular flexibility index (Phi) is 3.32. The van der Waals surface area contributed by atoms with Crippen molar-refractivity contribution in [2.75, 3.05) is 25.5 Å². The van der Waals surface area contributed by atoms with E-state index in [4.69, 9.17) is 0 Å². The van der Waals surface area contributed by atoms with Crippen LogP contribution in [0.2, 0.25) is 0 Å². The maximum Gasteiger partial charge on any atom is 0.268 e. The molecule has 2 rings (SSSR count). The Bertz CT molecular complexity index is 503. The number of piperazine rings is 1. The average molecular weight is 245 g/mol. The number of nitrogens with zero attached hydrogens (tertiary/aromatic N) is 1. The monoisotopic (exact) mass is 245 g/mol. The fourth-order valence-electron chi connectivity index (χ4n) is 1.64. The summed E-state index contributed by atoms with van der Waals surface area (Å²) in [7, 11) is 3.92. The molecule has 1 aromatic rings. The first kappa shape index (κ1) is 12.2. The molecule has 5 nitrogen and oxygen atoms in total. The Balaban J connectivity index is 2.21. The summed E-state index contributed by atoms with van der Waals surface area (Å²) in [6.45, 7) is 0.0374. The van der Waals surface area contributed by atoms with Gasteiger partial charge in [-0.05, 0) is 23.8 Å². The van der Waals surface area contributed by atoms with E-state index in [0.29, 0.717) is 0 Å². The third kappa shape index (κ3) is 2.68. The summed E-state index contributed by atoms with van der Waals surface area (Å²) >= 11 is 0. The zero-order valence-corrected chi connectivity index (χ0v) is 10.4. The van der Waals surface area contributed by atoms with E-state index in [2.05, 4.69) is 10.6 Å². The van der Waals surface area contributed by atoms with Gasteiger partial charge in [-0.1, -0.05) is 12.1 Å². The van der Waals surface area contributed by atoms with Crippen molar-refractivity contribution in [3.05, 3.63) is 35.5 Å². The topological polar surface area (TPSA) is 61.4 Å². The Hall–Kier alpha value is -2.30. The first-order valence-electron chi connectivity index (χ1n) is 5.63. The molecule has 1 aliphatic rings. The number of anilines is 1. The van der Waals surface area contributed by atoms with Gasteiger partial charge in [-0.2, -0.15) is 0 Å². The van der Waals surface area contributed by atoms with Crippen LogP contribution in [0.3, 0.4) is 0 Å². The fraction of sp³-hybridized carbons (Fsp3) is 0.231. The molecule has 1 fully saturated rings. The van der Waals surface area contributed by atoms with Crippen molar-refractivity contribution in [2.45, 2.75) is 0 Å². The summed E-state index contributed by atoms with van der Waals surface area (Å²) in [4.78, 5) is 24.7. The minimum Gasteiger partial charge on any atom is -0.378 e. The summed E-state index contributed by atoms with van der Waals surface area (Å²) in [6.07, 6.45) is 1.66. The Morgan fingerprint density at radius 2 is 1.83 bits per heavy atom. The Labute approximate surface area is 105 Å². The van der Waals surface area contributed by atoms with Crippen molar-refractivity contribution in [1.82, 2.24) is 10.6 Å². The molecular formula is C13H15N3O2. The molecule has 2 amide bonds. The van der Waals surface area contributed by atoms with Gasteiger partial charge < -0.3 is 15.5 Å². The van der Waals surface area contributed by atoms with Gasteiger partial charge in [-0.3, -0.25) is 9.59 Å². The molecule has 0 saturated carbocycles. The predicted molar refractivity (Wildman–Crippen MR) is 69.9 cm³/mol. The lowest BCUT2D eigenvalue weighted by Crippen LogP contribution is -2.46. The van der Waals surface area contributed by atoms with E-state index in [0.717, 1.165) is 11.3 Å². The minimum atomic E-state index is -0.258. The molecule has 18 heavy (non-hydrogen) atoms. The molecule has 1 aromatic carbocycles. The third-order valence-electron chi connectivity index (χ3n) is 2.65. The van der Waals surface area contributed by atoms with Crippen molar-refractivity contribution in [2.24, 2.45) is 0 Å². The number of hydrogen-bond acceptors (Lipinski definition) is 3. The maximum absolute atomic E-state index is 11.5. The van der Waals surface area contributed by atoms with E-state index in [-0.39, 0.29) is 24.1 Å². The van der Waals surface area contributed by atoms with E-state index >= 15 is 0 Å². The second-order valence-electron chi connectivity index (χ2n) is 4.27. The number of nitrogens with one attached hydrogen (secondary N) is 2. The molecule has 1 aliphatic heterocycles. The number of carbonyl (C=O) groups is 2. The van der Waals surface area contributed by atoms with Crippen LogP contribution in [0.4, 0.5) is 5.69 Å². The average Bonchev–Trinajstić information content (AvgIpc) is 2.34. The number of amides is 2. The molecule has 0 aliphatic carbocycles. The fourth-order valence-corrected chi connectivity index (χ4v) is 1.64. The van der Waals surface area contributed by atoms with Crippen LogP contribution in [0.25, 0.3) is 6.08 Å². The molecule has 1 saturated heterocycles. The predicted octanol–water partition coefficient (Wildman–Crippen LogP) is 0.339. The van der Waals surface area contributed by atoms with Crippen LogP contribution >= 0.6 is 0 Å². The first-order valence-corrected chi connectivity index (χ1v) is 5.63. The standard InChI is InChI=1S/C13H15N3O2/c1-16(2)10-5-3-9(4-6-10)7-11-13(18)14-8-12(17)15-11/h3-7H,8H2,1-2H3,(H,14,18)(H,15,17). The van der Waals surface area contributed by atoms with Gasteiger partial charge in [0, 0.05) is 19.8 Å². The number of hydrogen-bond donors (Lipinski definition) is 2. The molecule has 0 spiro atoms. The van der Waals surface area contributed by atoms with Crippen LogP contribution in [0.5, 0.6) is 0 Å². The third-order valence-corrected chi connectivity index (χ3v) is 2.65. The van der Waals surface area contributed by atoms with Gasteiger partial charge >= 0.3 is 0 Å². The van der Waals surface area contributed by atoms with Crippen molar-refractivity contribution in [3.8, 4) is 0 Å². The molecule has 94 valence electrons. The van der Waals surface area contributed by atoms with Crippen LogP contribution in [0, 0.1) is 0 Å². The SMILES string of the molecule is CN(C)c1ccc(C=C2NC(=O)CNC2=O)cc1. The molecule has 5 heteroatoms. The molecule has 0 radical (unpaired) electrons. The largest absolute Gasteiger partial charge is 0.378 e. The number of carbonyl (C=O) groups excluding carboxylic acids is 2. The van der Waals surface area contributed by atoms with Crippen LogP contribution < -0.4 is 15.5 Å². The second-order valence-corrected chi connectivity index (χ2v) is 4.27. The summed E-state index contributed by atoms with van der Waals surface area (Å²) in [5, 5.41) is 5.06. The molecule has 1 heterocycles. The number of benzene rings is 1. The lowest BCUT2D eigenvalue weighted by atomic mass is 10.1. The Morgan fingerprint density at radius 3 is 2.44 bits per heavy atom. The summed E-state index contributed by atoms with van der Waals surface area (Å²) < 4.78 is 0. The molecule has 0 unspecified atom stereocenters. The van der Waals surface area contributed by atoms with Gasteiger partial charge in [-0.15, -0.1) is 0 Å². The van der Waals surface area contributed by atoms with E-state index in [9.17, 15) is 9.59 Å². The highest BCUT2D eigenvalue weighted by atomic mass is 16.2. The normalized spacial score (nSPS) is 17.3. The lowest BCUT2D eigenvalue weighted by molar-refractivity contribution is -0.127. The molecule has 0 atom stereocenters. The minimum absolute atomic E-state index is 0.0374. The molecular weight excluding hydrogens is 230 g/mol. The van der Waals surface area contributed by atoms with Crippen LogP contribution in [0.1, 0.15) is 5.56 Å². The molecule has 0 bridgehead atoms. The highest BCUT2D eigenvalue weighted by Crippen LogP contribution is 2.14. The van der Waals surface area contributed by atoms with Crippen LogP contribution in [-0.2, 0) is 9.59 Å². The van der Waals surface area contributed by atoms with E-state index in [1.165, 1.54) is 0 Å². The molecule has 0 aromatic heterocycles. The van der Waals surface area contributed by atoms with Crippen LogP contribution in [-0.4, -0.2) is 32.5 Å². The van der Waals surface area contributed by atoms with Gasteiger partial charge in [0.25, 0.3) is 5.91 Å². The van der Waals surface area contributed by atoms with Gasteiger partial charge in [0.05, 0.1) is 6.54 Å². The highest BCUT2D eigenvalue weighted by Gasteiger charge is 2.18. The maximum atomic E-state index is 11.5. The van der Waals surface area contributed by atoms with Gasteiger partial charge in [0.15, 0.2) is 0 Å². The first-order chi connectivity index (χ1) is 8.56. The zero-order valence-electron chi connectivity index (χ0n) is 10.4. The smallest absolute Gasteiger partial charge is 0.268 e. The molecule has 2 N–H and O–H groups in total.